The molecule has 0 bridgehead atoms. The third kappa shape index (κ3) is 4.17. The first kappa shape index (κ1) is 15.2. The van der Waals surface area contributed by atoms with Crippen LogP contribution in [-0.2, 0) is 0 Å². The topological polar surface area (TPSA) is 83.3 Å². The van der Waals surface area contributed by atoms with Gasteiger partial charge in [-0.2, -0.15) is 4.98 Å². The Morgan fingerprint density at radius 2 is 2.17 bits per heavy atom. The molecule has 1 aromatic carbocycles. The van der Waals surface area contributed by atoms with E-state index in [1.807, 2.05) is 18.2 Å². The number of benzene rings is 1. The van der Waals surface area contributed by atoms with Crippen molar-refractivity contribution in [2.24, 2.45) is 0 Å². The van der Waals surface area contributed by atoms with Crippen molar-refractivity contribution in [1.82, 2.24) is 20.4 Å². The summed E-state index contributed by atoms with van der Waals surface area (Å²) in [6, 6.07) is 7.08. The van der Waals surface area contributed by atoms with Gasteiger partial charge in [-0.25, -0.2) is 4.79 Å². The molecule has 0 spiro atoms. The van der Waals surface area contributed by atoms with Gasteiger partial charge in [-0.3, -0.25) is 4.90 Å². The Bertz CT molecular complexity index is 702. The number of carbonyl (C=O) groups is 1. The number of nitrogens with zero attached hydrogens (tertiary/aromatic N) is 3. The number of rotatable bonds is 5. The summed E-state index contributed by atoms with van der Waals surface area (Å²) < 4.78 is 5.13. The number of amides is 2. The fraction of sp³-hybridized carbons (Fsp3) is 0.312. The van der Waals surface area contributed by atoms with E-state index in [-0.39, 0.29) is 6.03 Å². The molecule has 0 fully saturated rings. The molecule has 2 N–H and O–H groups in total. The van der Waals surface area contributed by atoms with E-state index in [0.29, 0.717) is 23.9 Å². The van der Waals surface area contributed by atoms with Crippen LogP contribution < -0.4 is 10.6 Å². The van der Waals surface area contributed by atoms with Gasteiger partial charge in [0.15, 0.2) is 5.82 Å². The molecule has 3 rings (SSSR count). The molecule has 7 nitrogen and oxygen atoms in total. The van der Waals surface area contributed by atoms with E-state index in [4.69, 9.17) is 4.52 Å². The van der Waals surface area contributed by atoms with Crippen LogP contribution in [0.25, 0.3) is 11.5 Å². The van der Waals surface area contributed by atoms with E-state index < -0.39 is 0 Å². The predicted molar refractivity (Wildman–Crippen MR) is 87.1 cm³/mol. The van der Waals surface area contributed by atoms with E-state index in [1.54, 1.807) is 13.0 Å². The number of urea groups is 1. The van der Waals surface area contributed by atoms with Crippen molar-refractivity contribution in [2.75, 3.05) is 31.5 Å². The molecule has 0 saturated heterocycles. The van der Waals surface area contributed by atoms with Crippen molar-refractivity contribution in [3.05, 3.63) is 42.2 Å². The first-order valence-corrected chi connectivity index (χ1v) is 7.54. The summed E-state index contributed by atoms with van der Waals surface area (Å²) in [5, 5.41) is 9.43. The van der Waals surface area contributed by atoms with E-state index in [9.17, 15) is 4.79 Å². The highest BCUT2D eigenvalue weighted by atomic mass is 16.5. The van der Waals surface area contributed by atoms with Gasteiger partial charge in [0.2, 0.25) is 0 Å². The Morgan fingerprint density at radius 3 is 2.91 bits per heavy atom. The molecular weight excluding hydrogens is 294 g/mol. The lowest BCUT2D eigenvalue weighted by atomic mass is 10.2. The standard InChI is InChI=1S/C16H19N5O2/c1-12-18-15(23-20-12)13-5-4-6-14(11-13)19-16(22)17-7-10-21-8-2-3-9-21/h2-6,11H,7-10H2,1H3,(H2,17,19,22). The highest BCUT2D eigenvalue weighted by Gasteiger charge is 2.09. The maximum atomic E-state index is 11.9. The molecule has 7 heteroatoms. The molecule has 0 unspecified atom stereocenters. The van der Waals surface area contributed by atoms with Gasteiger partial charge in [0.05, 0.1) is 0 Å². The van der Waals surface area contributed by atoms with Crippen LogP contribution in [0.15, 0.2) is 40.9 Å². The molecule has 23 heavy (non-hydrogen) atoms. The Labute approximate surface area is 134 Å². The van der Waals surface area contributed by atoms with Gasteiger partial charge >= 0.3 is 6.03 Å². The fourth-order valence-electron chi connectivity index (χ4n) is 2.35. The highest BCUT2D eigenvalue weighted by Crippen LogP contribution is 2.20. The summed E-state index contributed by atoms with van der Waals surface area (Å²) in [5.41, 5.74) is 1.45. The monoisotopic (exact) mass is 313 g/mol. The lowest BCUT2D eigenvalue weighted by molar-refractivity contribution is 0.250. The molecular formula is C16H19N5O2. The van der Waals surface area contributed by atoms with Crippen LogP contribution in [-0.4, -0.2) is 47.3 Å². The van der Waals surface area contributed by atoms with Crippen LogP contribution in [0.4, 0.5) is 10.5 Å². The lowest BCUT2D eigenvalue weighted by Gasteiger charge is -2.15. The molecule has 1 aliphatic rings. The second-order valence-corrected chi connectivity index (χ2v) is 5.34. The second kappa shape index (κ2) is 7.06. The fourth-order valence-corrected chi connectivity index (χ4v) is 2.35. The summed E-state index contributed by atoms with van der Waals surface area (Å²) >= 11 is 0. The minimum Gasteiger partial charge on any atom is -0.337 e. The molecule has 1 aromatic heterocycles. The zero-order chi connectivity index (χ0) is 16.1. The third-order valence-corrected chi connectivity index (χ3v) is 3.50. The summed E-state index contributed by atoms with van der Waals surface area (Å²) in [5.74, 6) is 1.01. The summed E-state index contributed by atoms with van der Waals surface area (Å²) in [4.78, 5) is 18.4. The number of hydrogen-bond donors (Lipinski definition) is 2. The maximum absolute atomic E-state index is 11.9. The van der Waals surface area contributed by atoms with Crippen LogP contribution >= 0.6 is 0 Å². The van der Waals surface area contributed by atoms with Crippen LogP contribution in [0.5, 0.6) is 0 Å². The van der Waals surface area contributed by atoms with Crippen LogP contribution in [0.2, 0.25) is 0 Å². The number of aromatic nitrogens is 2. The number of hydrogen-bond acceptors (Lipinski definition) is 5. The van der Waals surface area contributed by atoms with Crippen molar-refractivity contribution in [3.8, 4) is 11.5 Å². The van der Waals surface area contributed by atoms with Crippen molar-refractivity contribution in [1.29, 1.82) is 0 Å². The molecule has 120 valence electrons. The molecule has 0 aliphatic carbocycles. The highest BCUT2D eigenvalue weighted by molar-refractivity contribution is 5.89. The Balaban J connectivity index is 1.52. The van der Waals surface area contributed by atoms with Crippen molar-refractivity contribution in [2.45, 2.75) is 6.92 Å². The molecule has 1 aliphatic heterocycles. The van der Waals surface area contributed by atoms with Gasteiger partial charge in [0.1, 0.15) is 0 Å². The number of aryl methyl sites for hydroxylation is 1. The quantitative estimate of drug-likeness (QED) is 0.825. The molecule has 2 aromatic rings. The van der Waals surface area contributed by atoms with E-state index in [1.165, 1.54) is 0 Å². The van der Waals surface area contributed by atoms with Crippen molar-refractivity contribution >= 4 is 11.7 Å². The van der Waals surface area contributed by atoms with Crippen LogP contribution in [0.1, 0.15) is 5.82 Å². The smallest absolute Gasteiger partial charge is 0.319 e. The first-order valence-electron chi connectivity index (χ1n) is 7.54. The Kier molecular flexibility index (Phi) is 4.68. The van der Waals surface area contributed by atoms with E-state index >= 15 is 0 Å². The minimum atomic E-state index is -0.226. The van der Waals surface area contributed by atoms with E-state index in [0.717, 1.165) is 25.2 Å². The molecule has 2 heterocycles. The largest absolute Gasteiger partial charge is 0.337 e. The second-order valence-electron chi connectivity index (χ2n) is 5.34. The average Bonchev–Trinajstić information content (AvgIpc) is 3.19. The van der Waals surface area contributed by atoms with Gasteiger partial charge < -0.3 is 15.2 Å². The van der Waals surface area contributed by atoms with Gasteiger partial charge in [0.25, 0.3) is 5.89 Å². The number of carbonyl (C=O) groups excluding carboxylic acids is 1. The van der Waals surface area contributed by atoms with Gasteiger partial charge in [-0.1, -0.05) is 23.4 Å². The van der Waals surface area contributed by atoms with Crippen LogP contribution in [0, 0.1) is 6.92 Å². The Morgan fingerprint density at radius 1 is 1.35 bits per heavy atom. The lowest BCUT2D eigenvalue weighted by Crippen LogP contribution is -2.36. The minimum absolute atomic E-state index is 0.226. The molecule has 0 saturated carbocycles. The third-order valence-electron chi connectivity index (χ3n) is 3.50. The molecule has 2 amide bonds. The first-order chi connectivity index (χ1) is 11.2. The van der Waals surface area contributed by atoms with Crippen molar-refractivity contribution in [3.63, 3.8) is 0 Å². The molecule has 0 radical (unpaired) electrons. The number of nitrogens with one attached hydrogen (secondary N) is 2. The Hall–Kier alpha value is -2.67. The zero-order valence-corrected chi connectivity index (χ0v) is 13.0. The van der Waals surface area contributed by atoms with Crippen molar-refractivity contribution < 1.29 is 9.32 Å². The van der Waals surface area contributed by atoms with Gasteiger partial charge in [0, 0.05) is 37.4 Å². The van der Waals surface area contributed by atoms with Gasteiger partial charge in [-0.15, -0.1) is 0 Å². The summed E-state index contributed by atoms with van der Waals surface area (Å²) in [6.07, 6.45) is 4.26. The summed E-state index contributed by atoms with van der Waals surface area (Å²) in [7, 11) is 0. The normalized spacial score (nSPS) is 14.1. The maximum Gasteiger partial charge on any atom is 0.319 e. The summed E-state index contributed by atoms with van der Waals surface area (Å²) in [6.45, 7) is 5.11. The zero-order valence-electron chi connectivity index (χ0n) is 13.0. The van der Waals surface area contributed by atoms with Crippen LogP contribution in [0.3, 0.4) is 0 Å². The SMILES string of the molecule is Cc1noc(-c2cccc(NC(=O)NCCN3CC=CC3)c2)n1. The average molecular weight is 313 g/mol. The number of anilines is 1. The molecule has 0 atom stereocenters. The van der Waals surface area contributed by atoms with E-state index in [2.05, 4.69) is 37.8 Å². The predicted octanol–water partition coefficient (Wildman–Crippen LogP) is 2.04. The van der Waals surface area contributed by atoms with Gasteiger partial charge in [-0.05, 0) is 25.1 Å².